The van der Waals surface area contributed by atoms with Gasteiger partial charge in [-0.1, -0.05) is 6.92 Å². The molecule has 0 spiro atoms. The summed E-state index contributed by atoms with van der Waals surface area (Å²) >= 11 is 0. The molecule has 0 radical (unpaired) electrons. The van der Waals surface area contributed by atoms with Crippen molar-refractivity contribution in [2.75, 3.05) is 13.2 Å². The van der Waals surface area contributed by atoms with Crippen LogP contribution in [-0.2, 0) is 0 Å². The summed E-state index contributed by atoms with van der Waals surface area (Å²) in [5, 5.41) is 9.08. The first-order valence-corrected chi connectivity index (χ1v) is 6.83. The quantitative estimate of drug-likeness (QED) is 0.822. The largest absolute Gasteiger partial charge is 0.490 e. The normalized spacial score (nSPS) is 12.6. The molecule has 0 unspecified atom stereocenters. The minimum absolute atomic E-state index is 0.00567. The van der Waals surface area contributed by atoms with Crippen LogP contribution >= 0.6 is 0 Å². The van der Waals surface area contributed by atoms with E-state index in [1.807, 2.05) is 39.1 Å². The summed E-state index contributed by atoms with van der Waals surface area (Å²) in [5.41, 5.74) is 1.92. The topological polar surface area (TPSA) is 63.8 Å². The Morgan fingerprint density at radius 2 is 2.30 bits per heavy atom. The Balaban J connectivity index is 2.46. The number of aryl methyl sites for hydroxylation is 1. The van der Waals surface area contributed by atoms with E-state index in [-0.39, 0.29) is 18.3 Å². The number of ether oxygens (including phenoxy) is 1. The van der Waals surface area contributed by atoms with Crippen LogP contribution in [0.4, 0.5) is 0 Å². The molecule has 5 nitrogen and oxygen atoms in total. The van der Waals surface area contributed by atoms with Crippen molar-refractivity contribution in [3.05, 3.63) is 29.7 Å². The average molecular weight is 276 g/mol. The summed E-state index contributed by atoms with van der Waals surface area (Å²) in [7, 11) is 0. The fraction of sp³-hybridized carbons (Fsp3) is 0.467. The Morgan fingerprint density at radius 1 is 1.55 bits per heavy atom. The Labute approximate surface area is 118 Å². The third-order valence-corrected chi connectivity index (χ3v) is 3.20. The molecule has 0 aliphatic heterocycles. The molecule has 0 saturated heterocycles. The van der Waals surface area contributed by atoms with Gasteiger partial charge < -0.3 is 9.84 Å². The number of fused-ring (bicyclic) bond motifs is 1. The summed E-state index contributed by atoms with van der Waals surface area (Å²) in [6.45, 7) is 6.14. The van der Waals surface area contributed by atoms with Gasteiger partial charge in [-0.2, -0.15) is 0 Å². The van der Waals surface area contributed by atoms with Gasteiger partial charge in [0.25, 0.3) is 0 Å². The van der Waals surface area contributed by atoms with E-state index in [0.717, 1.165) is 0 Å². The number of pyridine rings is 1. The van der Waals surface area contributed by atoms with E-state index in [1.165, 1.54) is 0 Å². The lowest BCUT2D eigenvalue weighted by Gasteiger charge is -2.08. The molecule has 0 aliphatic carbocycles. The highest BCUT2D eigenvalue weighted by molar-refractivity contribution is 5.96. The minimum Gasteiger partial charge on any atom is -0.490 e. The summed E-state index contributed by atoms with van der Waals surface area (Å²) < 4.78 is 7.31. The van der Waals surface area contributed by atoms with Crippen molar-refractivity contribution < 1.29 is 14.6 Å². The number of hydrogen-bond donors (Lipinski definition) is 1. The molecular weight excluding hydrogens is 256 g/mol. The zero-order valence-corrected chi connectivity index (χ0v) is 12.1. The fourth-order valence-corrected chi connectivity index (χ4v) is 2.24. The Kier molecular flexibility index (Phi) is 4.39. The van der Waals surface area contributed by atoms with E-state index in [4.69, 9.17) is 9.84 Å². The van der Waals surface area contributed by atoms with Gasteiger partial charge in [0.1, 0.15) is 5.69 Å². The smallest absolute Gasteiger partial charge is 0.181 e. The molecule has 0 aromatic carbocycles. The first-order valence-electron chi connectivity index (χ1n) is 6.83. The lowest BCUT2D eigenvalue weighted by atomic mass is 10.0. The maximum absolute atomic E-state index is 12.4. The number of hydrogen-bond acceptors (Lipinski definition) is 4. The van der Waals surface area contributed by atoms with E-state index in [9.17, 15) is 4.79 Å². The van der Waals surface area contributed by atoms with Crippen LogP contribution in [0.2, 0.25) is 0 Å². The van der Waals surface area contributed by atoms with Gasteiger partial charge >= 0.3 is 0 Å². The Bertz CT molecular complexity index is 619. The molecule has 0 fully saturated rings. The maximum Gasteiger partial charge on any atom is 0.181 e. The van der Waals surface area contributed by atoms with Crippen molar-refractivity contribution in [3.8, 4) is 5.75 Å². The molecule has 0 aliphatic rings. The Hall–Kier alpha value is -1.88. The molecule has 0 bridgehead atoms. The van der Waals surface area contributed by atoms with Crippen LogP contribution < -0.4 is 4.74 Å². The van der Waals surface area contributed by atoms with E-state index < -0.39 is 0 Å². The maximum atomic E-state index is 12.4. The number of imidazole rings is 1. The highest BCUT2D eigenvalue weighted by Gasteiger charge is 2.20. The molecule has 108 valence electrons. The van der Waals surface area contributed by atoms with Gasteiger partial charge in [-0.25, -0.2) is 4.98 Å². The fourth-order valence-electron chi connectivity index (χ4n) is 2.24. The zero-order valence-electron chi connectivity index (χ0n) is 12.1. The third kappa shape index (κ3) is 2.67. The van der Waals surface area contributed by atoms with Crippen LogP contribution in [0.25, 0.3) is 5.65 Å². The number of aliphatic hydroxyl groups is 1. The van der Waals surface area contributed by atoms with Gasteiger partial charge in [0.05, 0.1) is 12.3 Å². The molecule has 2 aromatic rings. The number of ketones is 1. The molecule has 0 amide bonds. The van der Waals surface area contributed by atoms with Crippen molar-refractivity contribution in [1.82, 2.24) is 9.38 Å². The van der Waals surface area contributed by atoms with Gasteiger partial charge in [0, 0.05) is 19.2 Å². The molecule has 20 heavy (non-hydrogen) atoms. The van der Waals surface area contributed by atoms with E-state index in [2.05, 4.69) is 4.98 Å². The van der Waals surface area contributed by atoms with Gasteiger partial charge in [0.15, 0.2) is 17.2 Å². The number of rotatable bonds is 6. The number of Topliss-reactive ketones (excluding diaryl/α,β-unsaturated/α-hetero) is 1. The minimum atomic E-state index is -0.0532. The number of aromatic nitrogens is 2. The van der Waals surface area contributed by atoms with Crippen molar-refractivity contribution in [2.45, 2.75) is 27.2 Å². The van der Waals surface area contributed by atoms with E-state index in [0.29, 0.717) is 35.8 Å². The lowest BCUT2D eigenvalue weighted by molar-refractivity contribution is 0.0937. The lowest BCUT2D eigenvalue weighted by Crippen LogP contribution is -2.12. The second kappa shape index (κ2) is 6.05. The predicted molar refractivity (Wildman–Crippen MR) is 76.3 cm³/mol. The number of carbonyl (C=O) groups is 1. The second-order valence-electron chi connectivity index (χ2n) is 4.96. The Morgan fingerprint density at radius 3 is 2.95 bits per heavy atom. The number of aliphatic hydroxyl groups excluding tert-OH is 1. The monoisotopic (exact) mass is 276 g/mol. The van der Waals surface area contributed by atoms with Gasteiger partial charge in [-0.05, 0) is 31.9 Å². The first kappa shape index (κ1) is 14.5. The molecule has 2 heterocycles. The third-order valence-electron chi connectivity index (χ3n) is 3.20. The molecule has 5 heteroatoms. The van der Waals surface area contributed by atoms with Crippen LogP contribution in [0.5, 0.6) is 5.75 Å². The zero-order chi connectivity index (χ0) is 14.7. The van der Waals surface area contributed by atoms with Gasteiger partial charge in [-0.15, -0.1) is 0 Å². The highest BCUT2D eigenvalue weighted by Crippen LogP contribution is 2.23. The van der Waals surface area contributed by atoms with Crippen LogP contribution in [0, 0.1) is 12.8 Å². The second-order valence-corrected chi connectivity index (χ2v) is 4.96. The van der Waals surface area contributed by atoms with E-state index in [1.54, 1.807) is 4.40 Å². The first-order chi connectivity index (χ1) is 9.58. The number of nitrogens with zero attached hydrogens (tertiary/aromatic N) is 2. The summed E-state index contributed by atoms with van der Waals surface area (Å²) in [5.74, 6) is 0.611. The number of carbonyl (C=O) groups excluding carboxylic acids is 1. The summed E-state index contributed by atoms with van der Waals surface area (Å²) in [6.07, 6.45) is 2.12. The van der Waals surface area contributed by atoms with Gasteiger partial charge in [0.2, 0.25) is 0 Å². The van der Waals surface area contributed by atoms with Crippen LogP contribution in [0.1, 0.15) is 36.5 Å². The predicted octanol–water partition coefficient (Wildman–Crippen LogP) is 2.24. The molecule has 1 atom stereocenters. The van der Waals surface area contributed by atoms with Crippen LogP contribution in [0.15, 0.2) is 18.3 Å². The van der Waals surface area contributed by atoms with Crippen molar-refractivity contribution in [1.29, 1.82) is 0 Å². The SMILES string of the molecule is CCOc1cccn2c(C(=O)C[C@@H](C)CO)c(C)nc12. The van der Waals surface area contributed by atoms with Crippen molar-refractivity contribution >= 4 is 11.4 Å². The van der Waals surface area contributed by atoms with Gasteiger partial charge in [-0.3, -0.25) is 9.20 Å². The van der Waals surface area contributed by atoms with Crippen molar-refractivity contribution in [3.63, 3.8) is 0 Å². The molecule has 2 rings (SSSR count). The summed E-state index contributed by atoms with van der Waals surface area (Å²) in [6, 6.07) is 3.68. The molecular formula is C15H20N2O3. The van der Waals surface area contributed by atoms with Crippen LogP contribution in [-0.4, -0.2) is 33.5 Å². The average Bonchev–Trinajstić information content (AvgIpc) is 2.76. The van der Waals surface area contributed by atoms with E-state index >= 15 is 0 Å². The summed E-state index contributed by atoms with van der Waals surface area (Å²) in [4.78, 5) is 16.8. The molecule has 1 N–H and O–H groups in total. The molecule has 2 aromatic heterocycles. The highest BCUT2D eigenvalue weighted by atomic mass is 16.5. The van der Waals surface area contributed by atoms with Crippen molar-refractivity contribution in [2.24, 2.45) is 5.92 Å². The standard InChI is InChI=1S/C15H20N2O3/c1-4-20-13-6-5-7-17-14(11(3)16-15(13)17)12(19)8-10(2)9-18/h5-7,10,18H,4,8-9H2,1-3H3/t10-/m1/s1. The van der Waals surface area contributed by atoms with Crippen LogP contribution in [0.3, 0.4) is 0 Å². The molecule has 0 saturated carbocycles.